The molecule has 0 aliphatic heterocycles. The third-order valence-electron chi connectivity index (χ3n) is 4.68. The molecular weight excluding hydrogens is 424 g/mol. The topological polar surface area (TPSA) is 91.7 Å². The lowest BCUT2D eigenvalue weighted by molar-refractivity contribution is -0.139. The number of aliphatic carboxylic acids is 2. The van der Waals surface area contributed by atoms with Crippen LogP contribution < -0.4 is 0 Å². The summed E-state index contributed by atoms with van der Waals surface area (Å²) < 4.78 is -1.03. The molecule has 3 aromatic rings. The summed E-state index contributed by atoms with van der Waals surface area (Å²) >= 11 is 1.44. The molecule has 2 N–H and O–H groups in total. The summed E-state index contributed by atoms with van der Waals surface area (Å²) in [4.78, 5) is 33.5. The van der Waals surface area contributed by atoms with Crippen LogP contribution in [0.25, 0.3) is 0 Å². The van der Waals surface area contributed by atoms with Gasteiger partial charge in [0.15, 0.2) is 10.5 Å². The summed E-state index contributed by atoms with van der Waals surface area (Å²) in [6.07, 6.45) is -0.0346. The molecule has 0 saturated heterocycles. The Balaban J connectivity index is 0.000000244. The van der Waals surface area contributed by atoms with Crippen molar-refractivity contribution in [1.29, 1.82) is 0 Å². The van der Waals surface area contributed by atoms with Gasteiger partial charge < -0.3 is 10.2 Å². The maximum absolute atomic E-state index is 12.0. The minimum atomic E-state index is -1.03. The summed E-state index contributed by atoms with van der Waals surface area (Å²) in [6, 6.07) is 27.5. The van der Waals surface area contributed by atoms with E-state index >= 15 is 0 Å². The highest BCUT2D eigenvalue weighted by molar-refractivity contribution is 8.01. The summed E-state index contributed by atoms with van der Waals surface area (Å²) in [5, 5.41) is 18.2. The van der Waals surface area contributed by atoms with Crippen molar-refractivity contribution in [3.8, 4) is 0 Å². The summed E-state index contributed by atoms with van der Waals surface area (Å²) in [7, 11) is 0. The molecule has 0 atom stereocenters. The molecule has 0 amide bonds. The third kappa shape index (κ3) is 6.56. The second-order valence-corrected chi connectivity index (χ2v) is 8.31. The van der Waals surface area contributed by atoms with Crippen molar-refractivity contribution >= 4 is 29.5 Å². The lowest BCUT2D eigenvalue weighted by Gasteiger charge is -2.29. The van der Waals surface area contributed by atoms with Crippen molar-refractivity contribution in [3.05, 3.63) is 108 Å². The molecule has 0 aromatic heterocycles. The van der Waals surface area contributed by atoms with Crippen molar-refractivity contribution in [2.75, 3.05) is 5.75 Å². The second-order valence-electron chi connectivity index (χ2n) is 6.83. The van der Waals surface area contributed by atoms with E-state index in [4.69, 9.17) is 5.11 Å². The summed E-state index contributed by atoms with van der Waals surface area (Å²) in [5.41, 5.74) is 2.19. The number of Topliss-reactive ketones (excluding diaryl/α,β-unsaturated/α-hetero) is 1. The number of carboxylic acid groups (broad SMARTS) is 2. The number of benzene rings is 3. The minimum absolute atomic E-state index is 0.0688. The normalized spacial score (nSPS) is 10.5. The SMILES string of the molecule is CCSC(C(=O)O)(c1ccccc1)c1ccccc1.O=C(O)CCC(=O)c1ccccc1. The highest BCUT2D eigenvalue weighted by atomic mass is 32.2. The summed E-state index contributed by atoms with van der Waals surface area (Å²) in [5.74, 6) is -1.15. The van der Waals surface area contributed by atoms with Gasteiger partial charge in [0.1, 0.15) is 0 Å². The van der Waals surface area contributed by atoms with Crippen LogP contribution in [0, 0.1) is 0 Å². The zero-order valence-corrected chi connectivity index (χ0v) is 18.6. The molecule has 3 rings (SSSR count). The predicted molar refractivity (Wildman–Crippen MR) is 127 cm³/mol. The van der Waals surface area contributed by atoms with Crippen LogP contribution in [0.2, 0.25) is 0 Å². The van der Waals surface area contributed by atoms with E-state index < -0.39 is 16.7 Å². The fourth-order valence-electron chi connectivity index (χ4n) is 3.19. The molecule has 0 spiro atoms. The first-order valence-electron chi connectivity index (χ1n) is 10.2. The standard InChI is InChI=1S/C16H16O2S.C10H10O3/c1-2-19-16(15(17)18,13-9-5-3-6-10-13)14-11-7-4-8-12-14;11-9(6-7-10(12)13)8-4-2-1-3-5-8/h3-12H,2H2,1H3,(H,17,18);1-5H,6-7H2,(H,12,13). The van der Waals surface area contributed by atoms with Gasteiger partial charge in [-0.1, -0.05) is 97.9 Å². The van der Waals surface area contributed by atoms with Gasteiger partial charge in [0.2, 0.25) is 0 Å². The molecule has 0 aliphatic carbocycles. The lowest BCUT2D eigenvalue weighted by Crippen LogP contribution is -2.34. The van der Waals surface area contributed by atoms with Gasteiger partial charge in [0, 0.05) is 12.0 Å². The smallest absolute Gasteiger partial charge is 0.328 e. The number of hydrogen-bond donors (Lipinski definition) is 2. The van der Waals surface area contributed by atoms with E-state index in [0.717, 1.165) is 16.9 Å². The van der Waals surface area contributed by atoms with Gasteiger partial charge >= 0.3 is 11.9 Å². The first kappa shape index (κ1) is 24.9. The summed E-state index contributed by atoms with van der Waals surface area (Å²) in [6.45, 7) is 1.98. The van der Waals surface area contributed by atoms with Gasteiger partial charge in [-0.25, -0.2) is 4.79 Å². The molecule has 6 heteroatoms. The van der Waals surface area contributed by atoms with Crippen molar-refractivity contribution < 1.29 is 24.6 Å². The highest BCUT2D eigenvalue weighted by Gasteiger charge is 2.42. The molecular formula is C26H26O5S. The minimum Gasteiger partial charge on any atom is -0.481 e. The number of carbonyl (C=O) groups is 3. The van der Waals surface area contributed by atoms with Gasteiger partial charge in [0.05, 0.1) is 6.42 Å². The van der Waals surface area contributed by atoms with Crippen LogP contribution in [-0.4, -0.2) is 33.7 Å². The zero-order valence-electron chi connectivity index (χ0n) is 17.8. The van der Waals surface area contributed by atoms with Crippen molar-refractivity contribution in [2.24, 2.45) is 0 Å². The predicted octanol–water partition coefficient (Wildman–Crippen LogP) is 5.50. The lowest BCUT2D eigenvalue weighted by atomic mass is 9.90. The van der Waals surface area contributed by atoms with Crippen LogP contribution in [0.5, 0.6) is 0 Å². The molecule has 3 aromatic carbocycles. The van der Waals surface area contributed by atoms with E-state index in [-0.39, 0.29) is 18.6 Å². The van der Waals surface area contributed by atoms with E-state index in [2.05, 4.69) is 0 Å². The van der Waals surface area contributed by atoms with Crippen molar-refractivity contribution in [3.63, 3.8) is 0 Å². The van der Waals surface area contributed by atoms with Gasteiger partial charge in [-0.15, -0.1) is 11.8 Å². The van der Waals surface area contributed by atoms with Gasteiger partial charge in [-0.3, -0.25) is 9.59 Å². The highest BCUT2D eigenvalue weighted by Crippen LogP contribution is 2.43. The Hall–Kier alpha value is -3.38. The quantitative estimate of drug-likeness (QED) is 0.418. The van der Waals surface area contributed by atoms with Gasteiger partial charge in [-0.2, -0.15) is 0 Å². The molecule has 0 aliphatic rings. The van der Waals surface area contributed by atoms with Crippen LogP contribution >= 0.6 is 11.8 Å². The maximum Gasteiger partial charge on any atom is 0.328 e. The van der Waals surface area contributed by atoms with Crippen LogP contribution in [0.3, 0.4) is 0 Å². The Labute approximate surface area is 192 Å². The number of thioether (sulfide) groups is 1. The molecule has 0 fully saturated rings. The Bertz CT molecular complexity index is 965. The van der Waals surface area contributed by atoms with E-state index in [0.29, 0.717) is 5.56 Å². The zero-order chi connectivity index (χ0) is 23.4. The maximum atomic E-state index is 12.0. The van der Waals surface area contributed by atoms with Crippen LogP contribution in [0.15, 0.2) is 91.0 Å². The first-order chi connectivity index (χ1) is 15.4. The number of hydrogen-bond acceptors (Lipinski definition) is 4. The number of carboxylic acids is 2. The molecule has 0 heterocycles. The van der Waals surface area contributed by atoms with Crippen LogP contribution in [0.4, 0.5) is 0 Å². The average molecular weight is 451 g/mol. The monoisotopic (exact) mass is 450 g/mol. The fraction of sp³-hybridized carbons (Fsp3) is 0.192. The number of rotatable bonds is 9. The molecule has 0 unspecified atom stereocenters. The molecule has 0 saturated carbocycles. The average Bonchev–Trinajstić information content (AvgIpc) is 2.83. The van der Waals surface area contributed by atoms with Crippen molar-refractivity contribution in [1.82, 2.24) is 0 Å². The second kappa shape index (κ2) is 12.5. The molecule has 166 valence electrons. The van der Waals surface area contributed by atoms with Crippen molar-refractivity contribution in [2.45, 2.75) is 24.5 Å². The number of carbonyl (C=O) groups excluding carboxylic acids is 1. The third-order valence-corrected chi connectivity index (χ3v) is 6.05. The largest absolute Gasteiger partial charge is 0.481 e. The molecule has 0 bridgehead atoms. The Morgan fingerprint density at radius 2 is 1.16 bits per heavy atom. The van der Waals surface area contributed by atoms with E-state index in [1.165, 1.54) is 11.8 Å². The number of ketones is 1. The molecule has 32 heavy (non-hydrogen) atoms. The van der Waals surface area contributed by atoms with Crippen LogP contribution in [0.1, 0.15) is 41.3 Å². The molecule has 5 nitrogen and oxygen atoms in total. The fourth-order valence-corrected chi connectivity index (χ4v) is 4.36. The van der Waals surface area contributed by atoms with E-state index in [1.807, 2.05) is 73.7 Å². The van der Waals surface area contributed by atoms with Crippen LogP contribution in [-0.2, 0) is 14.3 Å². The Morgan fingerprint density at radius 1 is 0.719 bits per heavy atom. The van der Waals surface area contributed by atoms with E-state index in [1.54, 1.807) is 24.3 Å². The first-order valence-corrected chi connectivity index (χ1v) is 11.2. The Morgan fingerprint density at radius 3 is 1.53 bits per heavy atom. The van der Waals surface area contributed by atoms with Gasteiger partial charge in [0.25, 0.3) is 0 Å². The molecule has 0 radical (unpaired) electrons. The van der Waals surface area contributed by atoms with Gasteiger partial charge in [-0.05, 0) is 16.9 Å². The van der Waals surface area contributed by atoms with E-state index in [9.17, 15) is 19.5 Å². The Kier molecular flexibility index (Phi) is 9.70.